The Morgan fingerprint density at radius 2 is 1.76 bits per heavy atom. The lowest BCUT2D eigenvalue weighted by Crippen LogP contribution is -2.51. The third-order valence-corrected chi connectivity index (χ3v) is 8.15. The van der Waals surface area contributed by atoms with Crippen LogP contribution in [-0.2, 0) is 19.6 Å². The zero-order chi connectivity index (χ0) is 24.6. The van der Waals surface area contributed by atoms with Gasteiger partial charge in [-0.2, -0.15) is 0 Å². The van der Waals surface area contributed by atoms with Crippen molar-refractivity contribution in [2.75, 3.05) is 56.5 Å². The van der Waals surface area contributed by atoms with Crippen molar-refractivity contribution in [2.24, 2.45) is 5.92 Å². The number of aliphatic carboxylic acids is 1. The highest BCUT2D eigenvalue weighted by molar-refractivity contribution is 7.89. The van der Waals surface area contributed by atoms with Crippen LogP contribution in [0.1, 0.15) is 39.0 Å². The Balaban J connectivity index is 1.40. The number of nitrogens with zero attached hydrogens (tertiary/aromatic N) is 4. The SMILES string of the molecule is CCCCS(=O)(=O)NC(CC1CCN(C(=O)CN2CCN(c3ccncc3)CC2)CC1)C(=O)O. The topological polar surface area (TPSA) is 123 Å². The van der Waals surface area contributed by atoms with Gasteiger partial charge in [0.1, 0.15) is 6.04 Å². The van der Waals surface area contributed by atoms with Gasteiger partial charge in [-0.25, -0.2) is 13.1 Å². The number of pyridine rings is 1. The van der Waals surface area contributed by atoms with Crippen LogP contribution in [-0.4, -0.2) is 97.8 Å². The molecule has 0 spiro atoms. The van der Waals surface area contributed by atoms with Gasteiger partial charge < -0.3 is 14.9 Å². The van der Waals surface area contributed by atoms with Crippen molar-refractivity contribution in [1.29, 1.82) is 0 Å². The summed E-state index contributed by atoms with van der Waals surface area (Å²) in [6.07, 6.45) is 6.42. The number of rotatable bonds is 11. The van der Waals surface area contributed by atoms with Crippen molar-refractivity contribution >= 4 is 27.6 Å². The summed E-state index contributed by atoms with van der Waals surface area (Å²) in [5.74, 6) is -1.03. The van der Waals surface area contributed by atoms with Gasteiger partial charge in [0.05, 0.1) is 12.3 Å². The Morgan fingerprint density at radius 1 is 1.12 bits per heavy atom. The van der Waals surface area contributed by atoms with E-state index in [0.29, 0.717) is 38.9 Å². The zero-order valence-electron chi connectivity index (χ0n) is 19.9. The summed E-state index contributed by atoms with van der Waals surface area (Å²) >= 11 is 0. The summed E-state index contributed by atoms with van der Waals surface area (Å²) in [7, 11) is -3.61. The molecule has 1 amide bonds. The molecule has 0 aliphatic carbocycles. The molecular weight excluding hydrogens is 458 g/mol. The van der Waals surface area contributed by atoms with Gasteiger partial charge in [0.2, 0.25) is 15.9 Å². The van der Waals surface area contributed by atoms with E-state index in [9.17, 15) is 23.1 Å². The first-order chi connectivity index (χ1) is 16.3. The highest BCUT2D eigenvalue weighted by Crippen LogP contribution is 2.23. The number of carbonyl (C=O) groups is 2. The van der Waals surface area contributed by atoms with Crippen molar-refractivity contribution in [3.8, 4) is 0 Å². The number of aromatic nitrogens is 1. The maximum atomic E-state index is 12.8. The molecule has 3 heterocycles. The van der Waals surface area contributed by atoms with Crippen LogP contribution in [0.15, 0.2) is 24.5 Å². The van der Waals surface area contributed by atoms with Gasteiger partial charge in [0.25, 0.3) is 0 Å². The molecule has 2 aliphatic rings. The van der Waals surface area contributed by atoms with Crippen LogP contribution in [0.2, 0.25) is 0 Å². The highest BCUT2D eigenvalue weighted by atomic mass is 32.2. The number of carbonyl (C=O) groups excluding carboxylic acids is 1. The molecule has 2 fully saturated rings. The molecule has 1 aromatic heterocycles. The first-order valence-electron chi connectivity index (χ1n) is 12.2. The molecule has 34 heavy (non-hydrogen) atoms. The number of carboxylic acid groups (broad SMARTS) is 1. The number of likely N-dealkylation sites (tertiary alicyclic amines) is 1. The Morgan fingerprint density at radius 3 is 2.35 bits per heavy atom. The molecule has 2 N–H and O–H groups in total. The Kier molecular flexibility index (Phi) is 9.66. The van der Waals surface area contributed by atoms with Crippen molar-refractivity contribution < 1.29 is 23.1 Å². The second-order valence-electron chi connectivity index (χ2n) is 9.21. The minimum Gasteiger partial charge on any atom is -0.480 e. The zero-order valence-corrected chi connectivity index (χ0v) is 20.8. The molecule has 0 bridgehead atoms. The van der Waals surface area contributed by atoms with E-state index in [0.717, 1.165) is 38.3 Å². The van der Waals surface area contributed by atoms with Crippen molar-refractivity contribution in [3.05, 3.63) is 24.5 Å². The lowest BCUT2D eigenvalue weighted by molar-refractivity contribution is -0.140. The van der Waals surface area contributed by atoms with E-state index in [1.807, 2.05) is 24.0 Å². The van der Waals surface area contributed by atoms with Crippen molar-refractivity contribution in [2.45, 2.75) is 45.1 Å². The second-order valence-corrected chi connectivity index (χ2v) is 11.1. The van der Waals surface area contributed by atoms with Crippen molar-refractivity contribution in [3.63, 3.8) is 0 Å². The third-order valence-electron chi connectivity index (χ3n) is 6.68. The van der Waals surface area contributed by atoms with Crippen LogP contribution in [0, 0.1) is 5.92 Å². The predicted molar refractivity (Wildman–Crippen MR) is 130 cm³/mol. The molecule has 0 radical (unpaired) electrons. The lowest BCUT2D eigenvalue weighted by atomic mass is 9.90. The van der Waals surface area contributed by atoms with E-state index in [4.69, 9.17) is 0 Å². The van der Waals surface area contributed by atoms with Gasteiger partial charge in [-0.1, -0.05) is 13.3 Å². The molecule has 190 valence electrons. The molecule has 2 saturated heterocycles. The molecule has 0 saturated carbocycles. The van der Waals surface area contributed by atoms with Crippen LogP contribution < -0.4 is 9.62 Å². The van der Waals surface area contributed by atoms with E-state index < -0.39 is 22.0 Å². The Bertz CT molecular complexity index is 898. The minimum absolute atomic E-state index is 0.0585. The van der Waals surface area contributed by atoms with Gasteiger partial charge in [-0.3, -0.25) is 19.5 Å². The van der Waals surface area contributed by atoms with Crippen LogP contribution in [0.3, 0.4) is 0 Å². The maximum absolute atomic E-state index is 12.8. The number of sulfonamides is 1. The fourth-order valence-electron chi connectivity index (χ4n) is 4.57. The van der Waals surface area contributed by atoms with Gasteiger partial charge in [0.15, 0.2) is 0 Å². The molecule has 0 aromatic carbocycles. The van der Waals surface area contributed by atoms with E-state index >= 15 is 0 Å². The fraction of sp³-hybridized carbons (Fsp3) is 0.696. The van der Waals surface area contributed by atoms with Crippen LogP contribution in [0.4, 0.5) is 5.69 Å². The standard InChI is InChI=1S/C23H37N5O5S/c1-2-3-16-34(32,33)25-21(23(30)31)17-19-6-10-28(11-7-19)22(29)18-26-12-14-27(15-13-26)20-4-8-24-9-5-20/h4-5,8-9,19,21,25H,2-3,6-7,10-18H2,1H3,(H,30,31). The van der Waals surface area contributed by atoms with E-state index in [-0.39, 0.29) is 24.0 Å². The highest BCUT2D eigenvalue weighted by Gasteiger charge is 2.31. The van der Waals surface area contributed by atoms with Gasteiger partial charge >= 0.3 is 5.97 Å². The van der Waals surface area contributed by atoms with Crippen LogP contribution in [0.5, 0.6) is 0 Å². The van der Waals surface area contributed by atoms with E-state index in [1.165, 1.54) is 0 Å². The quantitative estimate of drug-likeness (QED) is 0.466. The first-order valence-corrected chi connectivity index (χ1v) is 13.8. The van der Waals surface area contributed by atoms with Crippen LogP contribution >= 0.6 is 0 Å². The molecule has 10 nitrogen and oxygen atoms in total. The van der Waals surface area contributed by atoms with Crippen molar-refractivity contribution in [1.82, 2.24) is 19.5 Å². The summed E-state index contributed by atoms with van der Waals surface area (Å²) < 4.78 is 26.6. The molecule has 2 aliphatic heterocycles. The number of piperazine rings is 1. The molecule has 1 aromatic rings. The molecule has 1 atom stereocenters. The molecular formula is C23H37N5O5S. The fourth-order valence-corrected chi connectivity index (χ4v) is 5.99. The smallest absolute Gasteiger partial charge is 0.321 e. The van der Waals surface area contributed by atoms with Crippen LogP contribution in [0.25, 0.3) is 0 Å². The summed E-state index contributed by atoms with van der Waals surface area (Å²) in [5, 5.41) is 9.50. The average molecular weight is 496 g/mol. The number of amides is 1. The van der Waals surface area contributed by atoms with Gasteiger partial charge in [-0.05, 0) is 43.7 Å². The summed E-state index contributed by atoms with van der Waals surface area (Å²) in [5.41, 5.74) is 1.15. The predicted octanol–water partition coefficient (Wildman–Crippen LogP) is 1.01. The summed E-state index contributed by atoms with van der Waals surface area (Å²) in [6, 6.07) is 2.87. The van der Waals surface area contributed by atoms with E-state index in [2.05, 4.69) is 19.5 Å². The Hall–Kier alpha value is -2.24. The summed E-state index contributed by atoms with van der Waals surface area (Å²) in [4.78, 5) is 34.8. The first kappa shape index (κ1) is 26.4. The monoisotopic (exact) mass is 495 g/mol. The normalized spacial score (nSPS) is 19.2. The number of unbranched alkanes of at least 4 members (excludes halogenated alkanes) is 1. The lowest BCUT2D eigenvalue weighted by Gasteiger charge is -2.38. The largest absolute Gasteiger partial charge is 0.480 e. The maximum Gasteiger partial charge on any atom is 0.321 e. The minimum atomic E-state index is -3.61. The average Bonchev–Trinajstić information content (AvgIpc) is 2.83. The van der Waals surface area contributed by atoms with E-state index in [1.54, 1.807) is 12.4 Å². The number of hydrogen-bond donors (Lipinski definition) is 2. The second kappa shape index (κ2) is 12.5. The van der Waals surface area contributed by atoms with Gasteiger partial charge in [0, 0.05) is 57.3 Å². The third kappa shape index (κ3) is 7.92. The summed E-state index contributed by atoms with van der Waals surface area (Å²) in [6.45, 7) is 6.82. The molecule has 1 unspecified atom stereocenters. The number of nitrogens with one attached hydrogen (secondary N) is 1. The number of carboxylic acids is 1. The molecule has 3 rings (SSSR count). The van der Waals surface area contributed by atoms with Gasteiger partial charge in [-0.15, -0.1) is 0 Å². The number of hydrogen-bond acceptors (Lipinski definition) is 7. The number of piperidine rings is 1. The Labute approximate surface area is 202 Å². The molecule has 11 heteroatoms. The number of anilines is 1.